The van der Waals surface area contributed by atoms with Crippen molar-refractivity contribution in [1.29, 1.82) is 0 Å². The largest absolute Gasteiger partial charge is 0.373 e. The highest BCUT2D eigenvalue weighted by Crippen LogP contribution is 1.85. The molecule has 0 amide bonds. The molecule has 7 heavy (non-hydrogen) atoms. The van der Waals surface area contributed by atoms with Crippen molar-refractivity contribution >= 4 is 9.52 Å². The first kappa shape index (κ1) is 7.14. The zero-order valence-electron chi connectivity index (χ0n) is 4.30. The molecule has 0 spiro atoms. The van der Waals surface area contributed by atoms with Gasteiger partial charge in [-0.15, -0.1) is 0 Å². The average molecular weight is 119 g/mol. The Morgan fingerprint density at radius 3 is 2.29 bits per heavy atom. The Labute approximate surface area is 46.0 Å². The minimum atomic E-state index is -0.998. The lowest BCUT2D eigenvalue weighted by atomic mass is 10.6. The molecule has 0 aliphatic carbocycles. The van der Waals surface area contributed by atoms with E-state index in [2.05, 4.69) is 6.92 Å². The van der Waals surface area contributed by atoms with E-state index in [-0.39, 0.29) is 0 Å². The fourth-order valence-corrected chi connectivity index (χ4v) is 0.981. The van der Waals surface area contributed by atoms with Gasteiger partial charge in [0.05, 0.1) is 9.52 Å². The maximum atomic E-state index is 8.27. The number of hydrogen-bond donors (Lipinski definition) is 2. The van der Waals surface area contributed by atoms with E-state index in [9.17, 15) is 0 Å². The first-order valence-electron chi connectivity index (χ1n) is 2.42. The summed E-state index contributed by atoms with van der Waals surface area (Å²) in [6, 6.07) is 0.928. The predicted octanol–water partition coefficient (Wildman–Crippen LogP) is -0.934. The van der Waals surface area contributed by atoms with Crippen molar-refractivity contribution in [1.82, 2.24) is 0 Å². The molecule has 0 atom stereocenters. The van der Waals surface area contributed by atoms with Gasteiger partial charge in [0, 0.05) is 0 Å². The standard InChI is InChI=1S/C4H11O2Si/c1-2-3-7-4(5)6/h4-6H,1-3,7H2. The lowest BCUT2D eigenvalue weighted by molar-refractivity contribution is 0.0290. The van der Waals surface area contributed by atoms with E-state index in [1.807, 2.05) is 0 Å². The highest BCUT2D eigenvalue weighted by Gasteiger charge is 1.93. The third-order valence-electron chi connectivity index (χ3n) is 0.712. The van der Waals surface area contributed by atoms with Crippen LogP contribution in [0.3, 0.4) is 0 Å². The normalized spacial score (nSPS) is 12.0. The van der Waals surface area contributed by atoms with Gasteiger partial charge in [-0.05, 0) is 0 Å². The van der Waals surface area contributed by atoms with Crippen LogP contribution in [0.5, 0.6) is 0 Å². The molecule has 0 rings (SSSR count). The van der Waals surface area contributed by atoms with Gasteiger partial charge in [-0.3, -0.25) is 0 Å². The Bertz CT molecular complexity index is 38.7. The summed E-state index contributed by atoms with van der Waals surface area (Å²) < 4.78 is 0. The molecule has 43 valence electrons. The van der Waals surface area contributed by atoms with Gasteiger partial charge >= 0.3 is 0 Å². The Hall–Kier alpha value is 0.137. The lowest BCUT2D eigenvalue weighted by Gasteiger charge is -1.96. The summed E-state index contributed by atoms with van der Waals surface area (Å²) in [7, 11) is -0.605. The van der Waals surface area contributed by atoms with Crippen molar-refractivity contribution in [2.75, 3.05) is 0 Å². The van der Waals surface area contributed by atoms with Gasteiger partial charge in [0.2, 0.25) is 0 Å². The Kier molecular flexibility index (Phi) is 4.38. The molecule has 0 heterocycles. The SMILES string of the molecule is [CH2]CC[SiH2]C(O)O. The maximum Gasteiger partial charge on any atom is 0.128 e. The topological polar surface area (TPSA) is 40.5 Å². The third-order valence-corrected chi connectivity index (χ3v) is 2.14. The van der Waals surface area contributed by atoms with Gasteiger partial charge in [0.1, 0.15) is 5.91 Å². The molecule has 3 heteroatoms. The van der Waals surface area contributed by atoms with E-state index < -0.39 is 15.4 Å². The van der Waals surface area contributed by atoms with Gasteiger partial charge in [-0.25, -0.2) is 0 Å². The molecule has 2 N–H and O–H groups in total. The average Bonchev–Trinajstić information content (AvgIpc) is 1.61. The van der Waals surface area contributed by atoms with Gasteiger partial charge in [-0.2, -0.15) is 0 Å². The van der Waals surface area contributed by atoms with Gasteiger partial charge in [0.25, 0.3) is 0 Å². The minimum absolute atomic E-state index is 0.605. The molecule has 0 saturated carbocycles. The molecular formula is C4H11O2Si. The zero-order chi connectivity index (χ0) is 5.70. The van der Waals surface area contributed by atoms with Gasteiger partial charge in [0.15, 0.2) is 0 Å². The Balaban J connectivity index is 2.68. The van der Waals surface area contributed by atoms with Crippen LogP contribution in [0.1, 0.15) is 6.42 Å². The highest BCUT2D eigenvalue weighted by atomic mass is 28.2. The van der Waals surface area contributed by atoms with Crippen molar-refractivity contribution in [2.45, 2.75) is 18.4 Å². The van der Waals surface area contributed by atoms with Crippen LogP contribution < -0.4 is 0 Å². The quantitative estimate of drug-likeness (QED) is 0.372. The number of hydrogen-bond acceptors (Lipinski definition) is 2. The van der Waals surface area contributed by atoms with Crippen molar-refractivity contribution in [3.05, 3.63) is 6.92 Å². The van der Waals surface area contributed by atoms with Crippen LogP contribution in [0.15, 0.2) is 0 Å². The maximum absolute atomic E-state index is 8.27. The highest BCUT2D eigenvalue weighted by molar-refractivity contribution is 6.36. The first-order valence-corrected chi connectivity index (χ1v) is 4.24. The van der Waals surface area contributed by atoms with E-state index in [0.717, 1.165) is 12.5 Å². The van der Waals surface area contributed by atoms with E-state index in [1.54, 1.807) is 0 Å². The summed E-state index contributed by atoms with van der Waals surface area (Å²) >= 11 is 0. The van der Waals surface area contributed by atoms with Gasteiger partial charge < -0.3 is 10.2 Å². The molecular weight excluding hydrogens is 108 g/mol. The van der Waals surface area contributed by atoms with E-state index in [0.29, 0.717) is 0 Å². The van der Waals surface area contributed by atoms with E-state index in [1.165, 1.54) is 0 Å². The summed E-state index contributed by atoms with van der Waals surface area (Å²) in [5, 5.41) is 16.5. The lowest BCUT2D eigenvalue weighted by Crippen LogP contribution is -2.13. The molecule has 0 saturated heterocycles. The van der Waals surface area contributed by atoms with E-state index >= 15 is 0 Å². The molecule has 0 aromatic rings. The second kappa shape index (κ2) is 4.30. The molecule has 1 radical (unpaired) electrons. The Morgan fingerprint density at radius 1 is 1.57 bits per heavy atom. The smallest absolute Gasteiger partial charge is 0.128 e. The number of rotatable bonds is 3. The van der Waals surface area contributed by atoms with Crippen molar-refractivity contribution < 1.29 is 10.2 Å². The molecule has 2 nitrogen and oxygen atoms in total. The molecule has 0 aliphatic rings. The summed E-state index contributed by atoms with van der Waals surface area (Å²) in [5.41, 5.74) is 0. The fourth-order valence-electron chi connectivity index (χ4n) is 0.327. The van der Waals surface area contributed by atoms with Gasteiger partial charge in [-0.1, -0.05) is 19.4 Å². The summed E-state index contributed by atoms with van der Waals surface area (Å²) in [5.74, 6) is -0.998. The second-order valence-corrected chi connectivity index (χ2v) is 3.49. The summed E-state index contributed by atoms with van der Waals surface area (Å²) in [6.45, 7) is 3.57. The van der Waals surface area contributed by atoms with Crippen LogP contribution in [-0.4, -0.2) is 25.6 Å². The number of aliphatic hydroxyl groups excluding tert-OH is 1. The number of aliphatic hydroxyl groups is 2. The minimum Gasteiger partial charge on any atom is -0.373 e. The molecule has 0 aromatic heterocycles. The van der Waals surface area contributed by atoms with E-state index in [4.69, 9.17) is 10.2 Å². The third kappa shape index (κ3) is 6.14. The van der Waals surface area contributed by atoms with Crippen LogP contribution in [0.25, 0.3) is 0 Å². The molecule has 0 aliphatic heterocycles. The van der Waals surface area contributed by atoms with Crippen LogP contribution >= 0.6 is 0 Å². The summed E-state index contributed by atoms with van der Waals surface area (Å²) in [4.78, 5) is 0. The van der Waals surface area contributed by atoms with Crippen molar-refractivity contribution in [2.24, 2.45) is 0 Å². The fraction of sp³-hybridized carbons (Fsp3) is 0.750. The first-order chi connectivity index (χ1) is 3.27. The van der Waals surface area contributed by atoms with Crippen molar-refractivity contribution in [3.63, 3.8) is 0 Å². The Morgan fingerprint density at radius 2 is 2.14 bits per heavy atom. The van der Waals surface area contributed by atoms with Crippen LogP contribution in [0.2, 0.25) is 6.04 Å². The van der Waals surface area contributed by atoms with Crippen molar-refractivity contribution in [3.8, 4) is 0 Å². The summed E-state index contributed by atoms with van der Waals surface area (Å²) in [6.07, 6.45) is 0.837. The zero-order valence-corrected chi connectivity index (χ0v) is 5.71. The molecule has 0 bridgehead atoms. The monoisotopic (exact) mass is 119 g/mol. The molecule has 0 aromatic carbocycles. The van der Waals surface area contributed by atoms with Crippen LogP contribution in [0, 0.1) is 6.92 Å². The molecule has 0 fully saturated rings. The predicted molar refractivity (Wildman–Crippen MR) is 31.6 cm³/mol. The molecule has 0 unspecified atom stereocenters. The second-order valence-electron chi connectivity index (χ2n) is 1.48. The van der Waals surface area contributed by atoms with Crippen LogP contribution in [-0.2, 0) is 0 Å². The van der Waals surface area contributed by atoms with Crippen LogP contribution in [0.4, 0.5) is 0 Å².